The normalized spacial score (nSPS) is 11.1. The highest BCUT2D eigenvalue weighted by molar-refractivity contribution is 7.90. The van der Waals surface area contributed by atoms with Gasteiger partial charge in [0.05, 0.1) is 16.3 Å². The van der Waals surface area contributed by atoms with Crippen LogP contribution in [0.1, 0.15) is 11.3 Å². The molecule has 0 atom stereocenters. The number of fused-ring (bicyclic) bond motifs is 1. The van der Waals surface area contributed by atoms with E-state index in [-0.39, 0.29) is 24.7 Å². The van der Waals surface area contributed by atoms with Crippen molar-refractivity contribution in [3.05, 3.63) is 101 Å². The standard InChI is InChI=1S/C26H19ClFN3O2.C3H9NO2S/c1-16-5-9-24(33-16)18-6-8-23-21(12-18)26(30-15-29-23)31-20-7-10-25(22(27)13-20)32-14-17-3-2-4-19(28)11-17;1-7(5,6)3-2-4/h2-13,15H,14H2,1H3,(H,29,30,31);2-4H2,1H3. The number of nitrogens with zero attached hydrogens (tertiary/aromatic N) is 2. The van der Waals surface area contributed by atoms with Gasteiger partial charge >= 0.3 is 0 Å². The highest BCUT2D eigenvalue weighted by atomic mass is 35.5. The van der Waals surface area contributed by atoms with E-state index in [0.717, 1.165) is 39.2 Å². The van der Waals surface area contributed by atoms with Crippen molar-refractivity contribution in [1.82, 2.24) is 9.97 Å². The molecule has 0 aliphatic heterocycles. The molecule has 2 heterocycles. The van der Waals surface area contributed by atoms with Crippen molar-refractivity contribution in [2.24, 2.45) is 5.73 Å². The molecule has 0 radical (unpaired) electrons. The molecule has 5 aromatic rings. The summed E-state index contributed by atoms with van der Waals surface area (Å²) in [4.78, 5) is 8.78. The van der Waals surface area contributed by atoms with Crippen LogP contribution < -0.4 is 15.8 Å². The molecule has 0 bridgehead atoms. The van der Waals surface area contributed by atoms with Crippen LogP contribution in [-0.2, 0) is 16.4 Å². The lowest BCUT2D eigenvalue weighted by Gasteiger charge is -2.12. The van der Waals surface area contributed by atoms with Gasteiger partial charge in [-0.25, -0.2) is 22.8 Å². The maximum atomic E-state index is 13.4. The molecule has 0 unspecified atom stereocenters. The number of nitrogens with one attached hydrogen (secondary N) is 1. The van der Waals surface area contributed by atoms with E-state index in [0.29, 0.717) is 16.6 Å². The number of nitrogens with two attached hydrogens (primary N) is 1. The molecule has 0 amide bonds. The number of ether oxygens (including phenoxy) is 1. The Balaban J connectivity index is 0.000000470. The number of hydrogen-bond acceptors (Lipinski definition) is 8. The Bertz CT molecular complexity index is 1730. The Kier molecular flexibility index (Phi) is 9.36. The zero-order valence-corrected chi connectivity index (χ0v) is 23.5. The van der Waals surface area contributed by atoms with Crippen molar-refractivity contribution < 1.29 is 22.0 Å². The second kappa shape index (κ2) is 12.9. The van der Waals surface area contributed by atoms with Crippen molar-refractivity contribution in [2.45, 2.75) is 13.5 Å². The van der Waals surface area contributed by atoms with Gasteiger partial charge in [-0.2, -0.15) is 0 Å². The van der Waals surface area contributed by atoms with Crippen LogP contribution in [0.25, 0.3) is 22.2 Å². The first-order valence-corrected chi connectivity index (χ1v) is 14.7. The number of hydrogen-bond donors (Lipinski definition) is 2. The van der Waals surface area contributed by atoms with Crippen molar-refractivity contribution >= 4 is 43.8 Å². The quantitative estimate of drug-likeness (QED) is 0.219. The monoisotopic (exact) mass is 582 g/mol. The number of aryl methyl sites for hydroxylation is 1. The molecule has 0 spiro atoms. The molecule has 2 aromatic heterocycles. The van der Waals surface area contributed by atoms with Gasteiger partial charge in [0.25, 0.3) is 0 Å². The lowest BCUT2D eigenvalue weighted by molar-refractivity contribution is 0.306. The van der Waals surface area contributed by atoms with E-state index in [1.165, 1.54) is 24.7 Å². The maximum Gasteiger partial charge on any atom is 0.148 e. The van der Waals surface area contributed by atoms with Crippen LogP contribution in [-0.4, -0.2) is 36.9 Å². The zero-order valence-electron chi connectivity index (χ0n) is 21.9. The summed E-state index contributed by atoms with van der Waals surface area (Å²) in [6.45, 7) is 2.35. The molecule has 0 aliphatic rings. The van der Waals surface area contributed by atoms with E-state index in [1.54, 1.807) is 24.3 Å². The molecule has 3 N–H and O–H groups in total. The molecule has 3 aromatic carbocycles. The summed E-state index contributed by atoms with van der Waals surface area (Å²) in [6.07, 6.45) is 2.68. The average Bonchev–Trinajstić information content (AvgIpc) is 3.34. The van der Waals surface area contributed by atoms with Crippen molar-refractivity contribution in [3.8, 4) is 17.1 Å². The lowest BCUT2D eigenvalue weighted by atomic mass is 10.1. The van der Waals surface area contributed by atoms with E-state index in [9.17, 15) is 12.8 Å². The summed E-state index contributed by atoms with van der Waals surface area (Å²) in [5.41, 5.74) is 8.15. The second-order valence-electron chi connectivity index (χ2n) is 8.97. The summed E-state index contributed by atoms with van der Waals surface area (Å²) in [5, 5.41) is 4.59. The first-order valence-electron chi connectivity index (χ1n) is 12.2. The van der Waals surface area contributed by atoms with Crippen molar-refractivity contribution in [3.63, 3.8) is 0 Å². The fourth-order valence-electron chi connectivity index (χ4n) is 3.73. The van der Waals surface area contributed by atoms with Gasteiger partial charge in [-0.1, -0.05) is 23.7 Å². The van der Waals surface area contributed by atoms with Crippen LogP contribution in [0.4, 0.5) is 15.9 Å². The molecular formula is C29H28ClFN4O4S. The van der Waals surface area contributed by atoms with Gasteiger partial charge < -0.3 is 20.2 Å². The predicted octanol–water partition coefficient (Wildman–Crippen LogP) is 6.30. The number of anilines is 2. The molecule has 11 heteroatoms. The molecule has 5 rings (SSSR count). The van der Waals surface area contributed by atoms with Crippen LogP contribution in [0.3, 0.4) is 0 Å². The van der Waals surface area contributed by atoms with Crippen LogP contribution in [0.15, 0.2) is 83.5 Å². The number of furan rings is 1. The van der Waals surface area contributed by atoms with Crippen LogP contribution in [0.5, 0.6) is 5.75 Å². The predicted molar refractivity (Wildman–Crippen MR) is 156 cm³/mol. The minimum Gasteiger partial charge on any atom is -0.487 e. The van der Waals surface area contributed by atoms with Gasteiger partial charge in [0.2, 0.25) is 0 Å². The average molecular weight is 583 g/mol. The van der Waals surface area contributed by atoms with Gasteiger partial charge in [0.15, 0.2) is 0 Å². The van der Waals surface area contributed by atoms with Crippen LogP contribution in [0, 0.1) is 12.7 Å². The molecule has 0 saturated carbocycles. The third-order valence-electron chi connectivity index (χ3n) is 5.63. The number of sulfone groups is 1. The maximum absolute atomic E-state index is 13.4. The minimum absolute atomic E-state index is 0.0903. The molecule has 8 nitrogen and oxygen atoms in total. The highest BCUT2D eigenvalue weighted by Gasteiger charge is 2.10. The topological polar surface area (TPSA) is 120 Å². The molecule has 0 aliphatic carbocycles. The first-order chi connectivity index (χ1) is 19.1. The van der Waals surface area contributed by atoms with Gasteiger partial charge in [-0.15, -0.1) is 0 Å². The van der Waals surface area contributed by atoms with Crippen molar-refractivity contribution in [2.75, 3.05) is 23.9 Å². The summed E-state index contributed by atoms with van der Waals surface area (Å²) >= 11 is 6.43. The third kappa shape index (κ3) is 8.01. The van der Waals surface area contributed by atoms with E-state index in [2.05, 4.69) is 15.3 Å². The SMILES string of the molecule is CS(=O)(=O)CCN.Cc1ccc(-c2ccc3ncnc(Nc4ccc(OCc5cccc(F)c5)c(Cl)c4)c3c2)o1. The molecule has 208 valence electrons. The highest BCUT2D eigenvalue weighted by Crippen LogP contribution is 2.32. The molecule has 0 saturated heterocycles. The molecule has 40 heavy (non-hydrogen) atoms. The summed E-state index contributed by atoms with van der Waals surface area (Å²) < 4.78 is 45.2. The number of benzene rings is 3. The number of halogens is 2. The van der Waals surface area contributed by atoms with Crippen LogP contribution >= 0.6 is 11.6 Å². The minimum atomic E-state index is -2.80. The molecular weight excluding hydrogens is 555 g/mol. The molecule has 0 fully saturated rings. The number of rotatable bonds is 8. The Labute approximate surface area is 236 Å². The summed E-state index contributed by atoms with van der Waals surface area (Å²) in [6, 6.07) is 21.4. The van der Waals surface area contributed by atoms with E-state index < -0.39 is 9.84 Å². The van der Waals surface area contributed by atoms with Crippen molar-refractivity contribution in [1.29, 1.82) is 0 Å². The van der Waals surface area contributed by atoms with E-state index in [4.69, 9.17) is 26.5 Å². The summed E-state index contributed by atoms with van der Waals surface area (Å²) in [5.74, 6) is 2.58. The Morgan fingerprint density at radius 3 is 2.52 bits per heavy atom. The van der Waals surface area contributed by atoms with Gasteiger partial charge in [-0.3, -0.25) is 0 Å². The number of aromatic nitrogens is 2. The Morgan fingerprint density at radius 1 is 1.05 bits per heavy atom. The fourth-order valence-corrected chi connectivity index (χ4v) is 4.40. The lowest BCUT2D eigenvalue weighted by Crippen LogP contribution is -2.13. The second-order valence-corrected chi connectivity index (χ2v) is 11.6. The van der Waals surface area contributed by atoms with Gasteiger partial charge in [-0.05, 0) is 73.2 Å². The fraction of sp³-hybridized carbons (Fsp3) is 0.172. The summed E-state index contributed by atoms with van der Waals surface area (Å²) in [7, 11) is -2.80. The van der Waals surface area contributed by atoms with E-state index in [1.807, 2.05) is 43.3 Å². The first kappa shape index (κ1) is 29.0. The Morgan fingerprint density at radius 2 is 1.88 bits per heavy atom. The largest absolute Gasteiger partial charge is 0.487 e. The Hall–Kier alpha value is -3.99. The van der Waals surface area contributed by atoms with Gasteiger partial charge in [0.1, 0.15) is 51.7 Å². The smallest absolute Gasteiger partial charge is 0.148 e. The van der Waals surface area contributed by atoms with Gasteiger partial charge in [0, 0.05) is 29.4 Å². The van der Waals surface area contributed by atoms with E-state index >= 15 is 0 Å². The third-order valence-corrected chi connectivity index (χ3v) is 6.90. The van der Waals surface area contributed by atoms with Crippen LogP contribution in [0.2, 0.25) is 5.02 Å². The zero-order chi connectivity index (χ0) is 28.7.